The Morgan fingerprint density at radius 2 is 1.62 bits per heavy atom. The number of amides is 2. The molecule has 0 aliphatic rings. The molecule has 0 atom stereocenters. The van der Waals surface area contributed by atoms with Gasteiger partial charge in [-0.05, 0) is 36.8 Å². The largest absolute Gasteiger partial charge is 0.508 e. The number of phenolic OH excluding ortho intramolecular Hbond substituents is 1. The Kier molecular flexibility index (Phi) is 4.45. The van der Waals surface area contributed by atoms with Gasteiger partial charge in [0.15, 0.2) is 0 Å². The molecule has 0 bridgehead atoms. The molecule has 0 aromatic heterocycles. The third-order valence-corrected chi connectivity index (χ3v) is 3.15. The molecular weight excluding hydrogens is 292 g/mol. The molecule has 3 N–H and O–H groups in total. The molecule has 2 aromatic carbocycles. The molecule has 0 aliphatic carbocycles. The summed E-state index contributed by atoms with van der Waals surface area (Å²) in [4.78, 5) is 23.5. The molecule has 0 aliphatic heterocycles. The quantitative estimate of drug-likeness (QED) is 0.746. The van der Waals surface area contributed by atoms with E-state index in [2.05, 4.69) is 10.6 Å². The maximum atomic E-state index is 11.8. The standard InChI is InChI=1S/C15H13ClN2O3/c1-9-5-6-11(8-13(9)16)18-15(21)14(20)17-10-3-2-4-12(19)7-10/h2-8,19H,1H3,(H,17,20)(H,18,21). The molecule has 2 rings (SSSR count). The second-order valence-electron chi connectivity index (χ2n) is 4.42. The van der Waals surface area contributed by atoms with Crippen LogP contribution in [0, 0.1) is 6.92 Å². The van der Waals surface area contributed by atoms with Crippen LogP contribution in [-0.2, 0) is 9.59 Å². The highest BCUT2D eigenvalue weighted by Crippen LogP contribution is 2.20. The first-order chi connectivity index (χ1) is 9.95. The molecule has 0 heterocycles. The van der Waals surface area contributed by atoms with E-state index in [1.165, 1.54) is 12.1 Å². The summed E-state index contributed by atoms with van der Waals surface area (Å²) in [5.74, 6) is -1.66. The molecule has 108 valence electrons. The van der Waals surface area contributed by atoms with Gasteiger partial charge in [-0.1, -0.05) is 23.7 Å². The van der Waals surface area contributed by atoms with E-state index >= 15 is 0 Å². The van der Waals surface area contributed by atoms with Crippen molar-refractivity contribution in [2.24, 2.45) is 0 Å². The van der Waals surface area contributed by atoms with Crippen LogP contribution in [0.3, 0.4) is 0 Å². The normalized spacial score (nSPS) is 10.0. The average molecular weight is 305 g/mol. The van der Waals surface area contributed by atoms with Crippen LogP contribution in [0.4, 0.5) is 11.4 Å². The lowest BCUT2D eigenvalue weighted by Crippen LogP contribution is -2.29. The maximum absolute atomic E-state index is 11.8. The summed E-state index contributed by atoms with van der Waals surface area (Å²) in [7, 11) is 0. The Morgan fingerprint density at radius 1 is 1.00 bits per heavy atom. The second kappa shape index (κ2) is 6.28. The number of nitrogens with one attached hydrogen (secondary N) is 2. The Hall–Kier alpha value is -2.53. The molecule has 0 unspecified atom stereocenters. The van der Waals surface area contributed by atoms with Crippen LogP contribution in [0.15, 0.2) is 42.5 Å². The number of phenols is 1. The smallest absolute Gasteiger partial charge is 0.314 e. The van der Waals surface area contributed by atoms with E-state index in [1.807, 2.05) is 6.92 Å². The highest BCUT2D eigenvalue weighted by atomic mass is 35.5. The monoisotopic (exact) mass is 304 g/mol. The fourth-order valence-electron chi connectivity index (χ4n) is 1.63. The van der Waals surface area contributed by atoms with Crippen molar-refractivity contribution in [3.05, 3.63) is 53.1 Å². The summed E-state index contributed by atoms with van der Waals surface area (Å²) in [6.07, 6.45) is 0. The second-order valence-corrected chi connectivity index (χ2v) is 4.83. The van der Waals surface area contributed by atoms with Gasteiger partial charge in [-0.25, -0.2) is 0 Å². The number of hydrogen-bond donors (Lipinski definition) is 3. The van der Waals surface area contributed by atoms with E-state index in [9.17, 15) is 14.7 Å². The molecule has 2 aromatic rings. The van der Waals surface area contributed by atoms with Crippen LogP contribution in [-0.4, -0.2) is 16.9 Å². The fourth-order valence-corrected chi connectivity index (χ4v) is 1.81. The minimum atomic E-state index is -0.836. The van der Waals surface area contributed by atoms with Crippen LogP contribution >= 0.6 is 11.6 Å². The molecule has 5 nitrogen and oxygen atoms in total. The lowest BCUT2D eigenvalue weighted by atomic mass is 10.2. The molecule has 2 amide bonds. The average Bonchev–Trinajstić information content (AvgIpc) is 2.43. The van der Waals surface area contributed by atoms with Crippen molar-refractivity contribution >= 4 is 34.8 Å². The molecule has 0 radical (unpaired) electrons. The van der Waals surface area contributed by atoms with E-state index in [0.29, 0.717) is 16.4 Å². The van der Waals surface area contributed by atoms with Gasteiger partial charge >= 0.3 is 11.8 Å². The third-order valence-electron chi connectivity index (χ3n) is 2.74. The van der Waals surface area contributed by atoms with Crippen molar-refractivity contribution in [3.8, 4) is 5.75 Å². The van der Waals surface area contributed by atoms with Crippen LogP contribution in [0.25, 0.3) is 0 Å². The van der Waals surface area contributed by atoms with Gasteiger partial charge in [0.05, 0.1) is 0 Å². The zero-order chi connectivity index (χ0) is 15.4. The fraction of sp³-hybridized carbons (Fsp3) is 0.0667. The van der Waals surface area contributed by atoms with Gasteiger partial charge in [0.1, 0.15) is 5.75 Å². The molecule has 0 saturated heterocycles. The summed E-state index contributed by atoms with van der Waals surface area (Å²) < 4.78 is 0. The number of hydrogen-bond acceptors (Lipinski definition) is 3. The Labute approximate surface area is 126 Å². The van der Waals surface area contributed by atoms with Crippen molar-refractivity contribution in [2.45, 2.75) is 6.92 Å². The number of aryl methyl sites for hydroxylation is 1. The molecule has 21 heavy (non-hydrogen) atoms. The van der Waals surface area contributed by atoms with Crippen molar-refractivity contribution in [1.82, 2.24) is 0 Å². The van der Waals surface area contributed by atoms with Gasteiger partial charge in [0.2, 0.25) is 0 Å². The maximum Gasteiger partial charge on any atom is 0.314 e. The van der Waals surface area contributed by atoms with E-state index in [1.54, 1.807) is 30.3 Å². The van der Waals surface area contributed by atoms with Crippen molar-refractivity contribution in [1.29, 1.82) is 0 Å². The van der Waals surface area contributed by atoms with Gasteiger partial charge in [-0.15, -0.1) is 0 Å². The number of rotatable bonds is 2. The van der Waals surface area contributed by atoms with Gasteiger partial charge in [-0.3, -0.25) is 9.59 Å². The lowest BCUT2D eigenvalue weighted by molar-refractivity contribution is -0.132. The van der Waals surface area contributed by atoms with Crippen LogP contribution in [0.2, 0.25) is 5.02 Å². The van der Waals surface area contributed by atoms with Gasteiger partial charge in [-0.2, -0.15) is 0 Å². The SMILES string of the molecule is Cc1ccc(NC(=O)C(=O)Nc2cccc(O)c2)cc1Cl. The molecule has 0 saturated carbocycles. The topological polar surface area (TPSA) is 78.4 Å². The first-order valence-corrected chi connectivity index (χ1v) is 6.51. The summed E-state index contributed by atoms with van der Waals surface area (Å²) >= 11 is 5.94. The summed E-state index contributed by atoms with van der Waals surface area (Å²) in [5, 5.41) is 14.6. The van der Waals surface area contributed by atoms with E-state index < -0.39 is 11.8 Å². The summed E-state index contributed by atoms with van der Waals surface area (Å²) in [6, 6.07) is 10.9. The van der Waals surface area contributed by atoms with Crippen molar-refractivity contribution < 1.29 is 14.7 Å². The molecule has 0 fully saturated rings. The van der Waals surface area contributed by atoms with E-state index in [0.717, 1.165) is 5.56 Å². The van der Waals surface area contributed by atoms with E-state index in [4.69, 9.17) is 11.6 Å². The number of carbonyl (C=O) groups is 2. The summed E-state index contributed by atoms with van der Waals surface area (Å²) in [6.45, 7) is 1.84. The lowest BCUT2D eigenvalue weighted by Gasteiger charge is -2.08. The van der Waals surface area contributed by atoms with Gasteiger partial charge in [0.25, 0.3) is 0 Å². The van der Waals surface area contributed by atoms with Crippen LogP contribution < -0.4 is 10.6 Å². The van der Waals surface area contributed by atoms with Gasteiger partial charge in [0, 0.05) is 22.5 Å². The van der Waals surface area contributed by atoms with Crippen LogP contribution in [0.1, 0.15) is 5.56 Å². The Balaban J connectivity index is 2.02. The zero-order valence-electron chi connectivity index (χ0n) is 11.2. The first kappa shape index (κ1) is 14.9. The number of aromatic hydroxyl groups is 1. The van der Waals surface area contributed by atoms with Crippen molar-refractivity contribution in [2.75, 3.05) is 10.6 Å². The third kappa shape index (κ3) is 3.97. The van der Waals surface area contributed by atoms with Crippen LogP contribution in [0.5, 0.6) is 5.75 Å². The molecule has 6 heteroatoms. The Bertz CT molecular complexity index is 701. The number of benzene rings is 2. The predicted molar refractivity (Wildman–Crippen MR) is 81.6 cm³/mol. The minimum Gasteiger partial charge on any atom is -0.508 e. The highest BCUT2D eigenvalue weighted by molar-refractivity contribution is 6.43. The van der Waals surface area contributed by atoms with Gasteiger partial charge < -0.3 is 15.7 Å². The van der Waals surface area contributed by atoms with E-state index in [-0.39, 0.29) is 5.75 Å². The minimum absolute atomic E-state index is 0.00137. The number of carbonyl (C=O) groups excluding carboxylic acids is 2. The predicted octanol–water partition coefficient (Wildman–Crippen LogP) is 2.93. The number of halogens is 1. The number of anilines is 2. The highest BCUT2D eigenvalue weighted by Gasteiger charge is 2.14. The molecular formula is C15H13ClN2O3. The molecule has 0 spiro atoms. The Morgan fingerprint density at radius 3 is 2.19 bits per heavy atom. The summed E-state index contributed by atoms with van der Waals surface area (Å²) in [5.41, 5.74) is 1.64. The first-order valence-electron chi connectivity index (χ1n) is 6.13. The zero-order valence-corrected chi connectivity index (χ0v) is 11.9. The van der Waals surface area contributed by atoms with Crippen molar-refractivity contribution in [3.63, 3.8) is 0 Å².